The molecule has 0 spiro atoms. The maximum Gasteiger partial charge on any atom is 0.320 e. The van der Waals surface area contributed by atoms with Crippen molar-refractivity contribution in [3.05, 3.63) is 0 Å². The zero-order chi connectivity index (χ0) is 15.3. The van der Waals surface area contributed by atoms with Crippen LogP contribution in [0.4, 0.5) is 0 Å². The van der Waals surface area contributed by atoms with Gasteiger partial charge in [-0.25, -0.2) is 0 Å². The van der Waals surface area contributed by atoms with E-state index in [-0.39, 0.29) is 21.2 Å². The lowest BCUT2D eigenvalue weighted by molar-refractivity contribution is -0.155. The van der Waals surface area contributed by atoms with Crippen LogP contribution >= 0.6 is 22.6 Å². The van der Waals surface area contributed by atoms with Crippen LogP contribution in [0.5, 0.6) is 0 Å². The molecule has 21 heavy (non-hydrogen) atoms. The van der Waals surface area contributed by atoms with Gasteiger partial charge in [0, 0.05) is 6.54 Å². The van der Waals surface area contributed by atoms with Gasteiger partial charge in [0.05, 0.1) is 12.5 Å². The smallest absolute Gasteiger partial charge is 0.320 e. The van der Waals surface area contributed by atoms with Crippen molar-refractivity contribution in [1.29, 1.82) is 0 Å². The minimum absolute atomic E-state index is 0.161. The molecular weight excluding hydrogens is 381 g/mol. The molecule has 0 aromatic carbocycles. The first-order valence-electron chi connectivity index (χ1n) is 7.86. The molecule has 118 valence electrons. The first-order chi connectivity index (χ1) is 9.86. The molecule has 1 N–H and O–H groups in total. The van der Waals surface area contributed by atoms with Crippen molar-refractivity contribution >= 4 is 34.5 Å². The topological polar surface area (TPSA) is 55.4 Å². The number of halogens is 1. The van der Waals surface area contributed by atoms with E-state index in [9.17, 15) is 9.59 Å². The number of hydrogen-bond acceptors (Lipinski definition) is 3. The predicted molar refractivity (Wildman–Crippen MR) is 88.1 cm³/mol. The molecule has 5 heteroatoms. The van der Waals surface area contributed by atoms with Crippen LogP contribution in [0.1, 0.15) is 45.4 Å². The molecule has 0 saturated heterocycles. The lowest BCUT2D eigenvalue weighted by Gasteiger charge is -2.60. The molecule has 4 bridgehead atoms. The van der Waals surface area contributed by atoms with Gasteiger partial charge in [-0.15, -0.1) is 0 Å². The number of alkyl halides is 1. The third-order valence-electron chi connectivity index (χ3n) is 5.73. The highest BCUT2D eigenvalue weighted by atomic mass is 127. The zero-order valence-electron chi connectivity index (χ0n) is 12.8. The second-order valence-electron chi connectivity index (χ2n) is 7.75. The zero-order valence-corrected chi connectivity index (χ0v) is 14.9. The van der Waals surface area contributed by atoms with Gasteiger partial charge in [-0.05, 0) is 55.8 Å². The van der Waals surface area contributed by atoms with Gasteiger partial charge >= 0.3 is 5.97 Å². The predicted octanol–water partition coefficient (Wildman–Crippen LogP) is 2.69. The van der Waals surface area contributed by atoms with E-state index in [1.807, 2.05) is 22.6 Å². The van der Waals surface area contributed by atoms with Gasteiger partial charge in [-0.2, -0.15) is 0 Å². The molecule has 0 heterocycles. The number of rotatable bonds is 4. The Morgan fingerprint density at radius 3 is 2.43 bits per heavy atom. The Morgan fingerprint density at radius 2 is 1.90 bits per heavy atom. The lowest BCUT2D eigenvalue weighted by Crippen LogP contribution is -2.57. The molecule has 4 aliphatic carbocycles. The first-order valence-corrected chi connectivity index (χ1v) is 9.11. The fraction of sp³-hybridized carbons (Fsp3) is 0.875. The Kier molecular flexibility index (Phi) is 3.99. The Labute approximate surface area is 139 Å². The molecule has 4 fully saturated rings. The van der Waals surface area contributed by atoms with Crippen molar-refractivity contribution in [3.8, 4) is 0 Å². The van der Waals surface area contributed by atoms with Gasteiger partial charge in [-0.1, -0.05) is 29.5 Å². The van der Waals surface area contributed by atoms with E-state index >= 15 is 0 Å². The Hall–Kier alpha value is -0.330. The highest BCUT2D eigenvalue weighted by Gasteiger charge is 2.58. The fourth-order valence-corrected chi connectivity index (χ4v) is 6.04. The van der Waals surface area contributed by atoms with Crippen LogP contribution in [0.15, 0.2) is 0 Å². The number of ether oxygens (including phenoxy) is 1. The molecule has 3 atom stereocenters. The number of esters is 1. The summed E-state index contributed by atoms with van der Waals surface area (Å²) in [5.41, 5.74) is 0.207. The summed E-state index contributed by atoms with van der Waals surface area (Å²) in [6.07, 6.45) is 7.06. The van der Waals surface area contributed by atoms with Crippen molar-refractivity contribution in [3.63, 3.8) is 0 Å². The number of nitrogens with one attached hydrogen (secondary N) is 1. The number of amides is 1. The summed E-state index contributed by atoms with van der Waals surface area (Å²) in [6.45, 7) is 2.74. The van der Waals surface area contributed by atoms with Crippen molar-refractivity contribution in [2.75, 3.05) is 13.7 Å². The van der Waals surface area contributed by atoms with Crippen LogP contribution in [-0.4, -0.2) is 29.5 Å². The minimum atomic E-state index is -0.305. The monoisotopic (exact) mass is 405 g/mol. The average Bonchev–Trinajstić information content (AvgIpc) is 2.40. The SMILES string of the molecule is COC(=O)C(I)CNC(=O)C12CC3CC(CC(C)(C3)C1)C2. The summed E-state index contributed by atoms with van der Waals surface area (Å²) in [6, 6.07) is 0. The Balaban J connectivity index is 1.66. The Bertz CT molecular complexity index is 450. The molecule has 3 unspecified atom stereocenters. The molecular formula is C16H24INO3. The number of hydrogen-bond donors (Lipinski definition) is 1. The standard InChI is InChI=1S/C16H24INO3/c1-15-4-10-3-11(5-15)7-16(6-10,9-15)14(20)18-8-12(17)13(19)21-2/h10-12H,3-9H2,1-2H3,(H,18,20). The summed E-state index contributed by atoms with van der Waals surface area (Å²) in [7, 11) is 1.38. The molecule has 4 saturated carbocycles. The number of carbonyl (C=O) groups is 2. The van der Waals surface area contributed by atoms with E-state index < -0.39 is 0 Å². The van der Waals surface area contributed by atoms with Gasteiger partial charge < -0.3 is 10.1 Å². The molecule has 0 aliphatic heterocycles. The second kappa shape index (κ2) is 5.39. The van der Waals surface area contributed by atoms with Crippen LogP contribution in [0.2, 0.25) is 0 Å². The molecule has 0 aromatic heterocycles. The maximum atomic E-state index is 12.8. The summed E-state index contributed by atoms with van der Waals surface area (Å²) >= 11 is 2.03. The highest BCUT2D eigenvalue weighted by molar-refractivity contribution is 14.1. The van der Waals surface area contributed by atoms with E-state index in [2.05, 4.69) is 12.2 Å². The van der Waals surface area contributed by atoms with Crippen molar-refractivity contribution in [1.82, 2.24) is 5.32 Å². The van der Waals surface area contributed by atoms with E-state index in [4.69, 9.17) is 4.74 Å². The van der Waals surface area contributed by atoms with E-state index in [0.29, 0.717) is 12.0 Å². The van der Waals surface area contributed by atoms with Crippen molar-refractivity contribution in [2.24, 2.45) is 22.7 Å². The van der Waals surface area contributed by atoms with Crippen LogP contribution in [0.25, 0.3) is 0 Å². The van der Waals surface area contributed by atoms with E-state index in [1.54, 1.807) is 0 Å². The van der Waals surface area contributed by atoms with Gasteiger partial charge in [0.25, 0.3) is 0 Å². The maximum absolute atomic E-state index is 12.8. The summed E-state index contributed by atoms with van der Waals surface area (Å²) in [5, 5.41) is 3.02. The van der Waals surface area contributed by atoms with Crippen LogP contribution in [-0.2, 0) is 14.3 Å². The third-order valence-corrected chi connectivity index (χ3v) is 6.68. The highest BCUT2D eigenvalue weighted by Crippen LogP contribution is 2.65. The third kappa shape index (κ3) is 2.82. The van der Waals surface area contributed by atoms with Crippen LogP contribution < -0.4 is 5.32 Å². The number of carbonyl (C=O) groups excluding carboxylic acids is 2. The quantitative estimate of drug-likeness (QED) is 0.445. The van der Waals surface area contributed by atoms with E-state index in [1.165, 1.54) is 26.4 Å². The minimum Gasteiger partial charge on any atom is -0.468 e. The largest absolute Gasteiger partial charge is 0.468 e. The molecule has 1 amide bonds. The number of methoxy groups -OCH3 is 1. The second-order valence-corrected chi connectivity index (χ2v) is 9.26. The molecule has 4 aliphatic rings. The lowest BCUT2D eigenvalue weighted by atomic mass is 9.44. The first kappa shape index (κ1) is 15.6. The normalized spacial score (nSPS) is 41.7. The van der Waals surface area contributed by atoms with Crippen LogP contribution in [0.3, 0.4) is 0 Å². The summed E-state index contributed by atoms with van der Waals surface area (Å²) in [5.74, 6) is 1.37. The molecule has 0 aromatic rings. The van der Waals surface area contributed by atoms with E-state index in [0.717, 1.165) is 31.1 Å². The molecule has 4 rings (SSSR count). The van der Waals surface area contributed by atoms with Gasteiger partial charge in [0.15, 0.2) is 0 Å². The Morgan fingerprint density at radius 1 is 1.29 bits per heavy atom. The fourth-order valence-electron chi connectivity index (χ4n) is 5.57. The summed E-state index contributed by atoms with van der Waals surface area (Å²) in [4.78, 5) is 24.2. The molecule has 4 nitrogen and oxygen atoms in total. The average molecular weight is 405 g/mol. The molecule has 0 radical (unpaired) electrons. The summed E-state index contributed by atoms with van der Waals surface area (Å²) < 4.78 is 4.41. The van der Waals surface area contributed by atoms with Gasteiger partial charge in [0.1, 0.15) is 3.92 Å². The van der Waals surface area contributed by atoms with Gasteiger partial charge in [-0.3, -0.25) is 9.59 Å². The van der Waals surface area contributed by atoms with Crippen molar-refractivity contribution < 1.29 is 14.3 Å². The van der Waals surface area contributed by atoms with Crippen LogP contribution in [0, 0.1) is 22.7 Å². The van der Waals surface area contributed by atoms with Gasteiger partial charge in [0.2, 0.25) is 5.91 Å². The van der Waals surface area contributed by atoms with Crippen molar-refractivity contribution in [2.45, 2.75) is 49.4 Å².